The van der Waals surface area contributed by atoms with Gasteiger partial charge in [-0.05, 0) is 106 Å². The number of allylic oxidation sites excluding steroid dienone is 3. The molecule has 0 radical (unpaired) electrons. The number of aryl methyl sites for hydroxylation is 1. The van der Waals surface area contributed by atoms with Gasteiger partial charge in [0.15, 0.2) is 0 Å². The van der Waals surface area contributed by atoms with Gasteiger partial charge in [-0.25, -0.2) is 19.2 Å². The number of hydrogen-bond donors (Lipinski definition) is 0. The maximum absolute atomic E-state index is 12.7. The van der Waals surface area contributed by atoms with Crippen molar-refractivity contribution in [3.63, 3.8) is 0 Å². The molecule has 2 aromatic carbocycles. The zero-order chi connectivity index (χ0) is 38.1. The summed E-state index contributed by atoms with van der Waals surface area (Å²) in [7, 11) is 0. The van der Waals surface area contributed by atoms with E-state index >= 15 is 0 Å². The summed E-state index contributed by atoms with van der Waals surface area (Å²) in [6.45, 7) is 11.2. The minimum Gasteiger partial charge on any atom is -0.468 e. The Kier molecular flexibility index (Phi) is 19.4. The minimum atomic E-state index is -0.922. The highest BCUT2D eigenvalue weighted by atomic mass is 16.7. The fourth-order valence-corrected chi connectivity index (χ4v) is 3.99. The van der Waals surface area contributed by atoms with Crippen LogP contribution in [-0.4, -0.2) is 63.1 Å². The van der Waals surface area contributed by atoms with Gasteiger partial charge in [0.25, 0.3) is 6.47 Å². The van der Waals surface area contributed by atoms with E-state index < -0.39 is 36.1 Å². The van der Waals surface area contributed by atoms with Crippen LogP contribution in [0, 0.1) is 12.8 Å². The molecule has 1 atom stereocenters. The van der Waals surface area contributed by atoms with Crippen LogP contribution in [0.2, 0.25) is 0 Å². The van der Waals surface area contributed by atoms with Gasteiger partial charge in [0.05, 0.1) is 37.9 Å². The van der Waals surface area contributed by atoms with Crippen molar-refractivity contribution < 1.29 is 66.7 Å². The fourth-order valence-electron chi connectivity index (χ4n) is 3.99. The van der Waals surface area contributed by atoms with E-state index in [-0.39, 0.29) is 61.4 Å². The van der Waals surface area contributed by atoms with Gasteiger partial charge in [-0.15, -0.1) is 6.58 Å². The van der Waals surface area contributed by atoms with E-state index in [0.29, 0.717) is 37.7 Å². The molecule has 0 amide bonds. The van der Waals surface area contributed by atoms with Gasteiger partial charge in [0, 0.05) is 6.08 Å². The second-order valence-corrected chi connectivity index (χ2v) is 10.6. The molecule has 1 unspecified atom stereocenters. The molecule has 0 bridgehead atoms. The van der Waals surface area contributed by atoms with E-state index in [1.165, 1.54) is 42.5 Å². The summed E-state index contributed by atoms with van der Waals surface area (Å²) in [5.41, 5.74) is 0.726. The van der Waals surface area contributed by atoms with E-state index in [4.69, 9.17) is 33.2 Å². The normalized spacial score (nSPS) is 12.7. The van der Waals surface area contributed by atoms with Crippen molar-refractivity contribution in [1.29, 1.82) is 0 Å². The molecule has 0 heterocycles. The molecule has 14 heteroatoms. The molecule has 3 rings (SSSR count). The average Bonchev–Trinajstić information content (AvgIpc) is 3.13. The van der Waals surface area contributed by atoms with Crippen LogP contribution in [0.5, 0.6) is 17.2 Å². The summed E-state index contributed by atoms with van der Waals surface area (Å²) in [5, 5.41) is 0. The quantitative estimate of drug-likeness (QED) is 0.0227. The summed E-state index contributed by atoms with van der Waals surface area (Å²) in [6.07, 6.45) is 7.85. The number of carbonyl (C=O) groups is 6. The average molecular weight is 723 g/mol. The second-order valence-electron chi connectivity index (χ2n) is 10.6. The molecule has 0 saturated carbocycles. The molecule has 278 valence electrons. The van der Waals surface area contributed by atoms with Crippen molar-refractivity contribution in [2.24, 2.45) is 5.92 Å². The molecule has 14 nitrogen and oxygen atoms in total. The molecular weight excluding hydrogens is 680 g/mol. The van der Waals surface area contributed by atoms with Crippen molar-refractivity contribution in [2.75, 3.05) is 26.4 Å². The number of hydrogen-bond acceptors (Lipinski definition) is 14. The lowest BCUT2D eigenvalue weighted by Gasteiger charge is -2.16. The first-order valence-electron chi connectivity index (χ1n) is 16.2. The zero-order valence-electron chi connectivity index (χ0n) is 29.1. The SMILES string of the molecule is C=CC.C=CC(=O)OCCCCOC(=O)Oc1ccc(C(=O)Oc2ccc(OC(=O)C3C=CC(OC(=O)OCCCCOC=O)=CC3)cc2C)cc1. The third-order valence-corrected chi connectivity index (χ3v) is 6.54. The summed E-state index contributed by atoms with van der Waals surface area (Å²) >= 11 is 0. The molecule has 0 fully saturated rings. The topological polar surface area (TPSA) is 176 Å². The van der Waals surface area contributed by atoms with Crippen LogP contribution in [-0.2, 0) is 38.1 Å². The van der Waals surface area contributed by atoms with E-state index in [2.05, 4.69) is 17.9 Å². The molecule has 0 aliphatic heterocycles. The number of benzene rings is 2. The van der Waals surface area contributed by atoms with Crippen molar-refractivity contribution in [2.45, 2.75) is 46.0 Å². The lowest BCUT2D eigenvalue weighted by atomic mass is 10.0. The number of unbranched alkanes of at least 4 members (excludes halogenated alkanes) is 2. The lowest BCUT2D eigenvalue weighted by Crippen LogP contribution is -2.20. The third-order valence-electron chi connectivity index (χ3n) is 6.54. The van der Waals surface area contributed by atoms with Crippen molar-refractivity contribution in [1.82, 2.24) is 0 Å². The van der Waals surface area contributed by atoms with E-state index in [1.54, 1.807) is 31.2 Å². The maximum Gasteiger partial charge on any atom is 0.513 e. The predicted octanol–water partition coefficient (Wildman–Crippen LogP) is 6.90. The van der Waals surface area contributed by atoms with Crippen LogP contribution in [0.4, 0.5) is 9.59 Å². The summed E-state index contributed by atoms with van der Waals surface area (Å²) in [4.78, 5) is 70.2. The van der Waals surface area contributed by atoms with Crippen LogP contribution in [0.1, 0.15) is 54.9 Å². The third kappa shape index (κ3) is 16.5. The van der Waals surface area contributed by atoms with Gasteiger partial charge >= 0.3 is 30.2 Å². The summed E-state index contributed by atoms with van der Waals surface area (Å²) < 4.78 is 40.5. The summed E-state index contributed by atoms with van der Waals surface area (Å²) in [6, 6.07) is 10.2. The molecule has 52 heavy (non-hydrogen) atoms. The first-order valence-corrected chi connectivity index (χ1v) is 16.2. The van der Waals surface area contributed by atoms with Crippen molar-refractivity contribution >= 4 is 36.7 Å². The molecule has 1 aliphatic rings. The first-order chi connectivity index (χ1) is 25.1. The van der Waals surface area contributed by atoms with Crippen LogP contribution >= 0.6 is 0 Å². The fraction of sp³-hybridized carbons (Fsp3) is 0.316. The van der Waals surface area contributed by atoms with Gasteiger partial charge in [-0.3, -0.25) is 9.59 Å². The molecule has 0 N–H and O–H groups in total. The second kappa shape index (κ2) is 24.1. The zero-order valence-corrected chi connectivity index (χ0v) is 29.1. The van der Waals surface area contributed by atoms with Gasteiger partial charge in [-0.1, -0.05) is 18.7 Å². The highest BCUT2D eigenvalue weighted by Crippen LogP contribution is 2.27. The van der Waals surface area contributed by atoms with Gasteiger partial charge in [0.1, 0.15) is 23.0 Å². The molecule has 0 saturated heterocycles. The van der Waals surface area contributed by atoms with Crippen LogP contribution in [0.3, 0.4) is 0 Å². The standard InChI is InChI=1S/C35H36O14.C3H6/c1-3-31(37)43-19-6-7-21-45-35(41)48-28-14-10-26(11-15-28)33(39)49-30-17-16-29(22-24(30)2)46-32(38)25-8-12-27(13-9-25)47-34(40)44-20-5-4-18-42-23-36;1-3-2/h3,8,10-17,22-23,25H,1,4-7,9,18-21H2,2H3;3H,1H2,2H3. The van der Waals surface area contributed by atoms with Crippen molar-refractivity contribution in [3.05, 3.63) is 103 Å². The van der Waals surface area contributed by atoms with Crippen LogP contribution in [0.15, 0.2) is 91.8 Å². The Balaban J connectivity index is 0.00000301. The van der Waals surface area contributed by atoms with Gasteiger partial charge < -0.3 is 37.9 Å². The number of ether oxygens (including phenoxy) is 8. The Bertz CT molecular complexity index is 1590. The monoisotopic (exact) mass is 722 g/mol. The Morgan fingerprint density at radius 2 is 1.37 bits per heavy atom. The maximum atomic E-state index is 12.7. The summed E-state index contributed by atoms with van der Waals surface area (Å²) in [5.74, 6) is -1.45. The predicted molar refractivity (Wildman–Crippen MR) is 185 cm³/mol. The van der Waals surface area contributed by atoms with Gasteiger partial charge in [0.2, 0.25) is 0 Å². The highest BCUT2D eigenvalue weighted by Gasteiger charge is 2.22. The number of rotatable bonds is 18. The van der Waals surface area contributed by atoms with E-state index in [9.17, 15) is 28.8 Å². The Hall–Kier alpha value is -6.18. The minimum absolute atomic E-state index is 0.0709. The van der Waals surface area contributed by atoms with E-state index in [1.807, 2.05) is 6.92 Å². The van der Waals surface area contributed by atoms with Gasteiger partial charge in [-0.2, -0.15) is 0 Å². The van der Waals surface area contributed by atoms with E-state index in [0.717, 1.165) is 6.08 Å². The highest BCUT2D eigenvalue weighted by molar-refractivity contribution is 5.91. The Morgan fingerprint density at radius 1 is 0.769 bits per heavy atom. The smallest absolute Gasteiger partial charge is 0.468 e. The number of carbonyl (C=O) groups excluding carboxylic acids is 6. The van der Waals surface area contributed by atoms with Crippen molar-refractivity contribution in [3.8, 4) is 17.2 Å². The Morgan fingerprint density at radius 3 is 1.94 bits per heavy atom. The lowest BCUT2D eigenvalue weighted by molar-refractivity contribution is -0.138. The van der Waals surface area contributed by atoms with Crippen LogP contribution < -0.4 is 14.2 Å². The number of esters is 3. The largest absolute Gasteiger partial charge is 0.513 e. The first kappa shape index (κ1) is 42.0. The Labute approximate surface area is 301 Å². The molecule has 0 spiro atoms. The molecule has 0 aromatic heterocycles. The molecule has 2 aromatic rings. The molecular formula is C38H42O14. The molecule has 1 aliphatic carbocycles. The van der Waals surface area contributed by atoms with Crippen LogP contribution in [0.25, 0.3) is 0 Å².